The average Bonchev–Trinajstić information content (AvgIpc) is 2.37. The van der Waals surface area contributed by atoms with Crippen molar-refractivity contribution >= 4 is 5.82 Å². The molecule has 1 aromatic rings. The largest absolute Gasteiger partial charge is 0.355 e. The highest BCUT2D eigenvalue weighted by Crippen LogP contribution is 2.24. The van der Waals surface area contributed by atoms with Gasteiger partial charge in [-0.3, -0.25) is 0 Å². The van der Waals surface area contributed by atoms with Gasteiger partial charge in [0.15, 0.2) is 0 Å². The molecule has 0 amide bonds. The second kappa shape index (κ2) is 6.19. The molecule has 0 saturated heterocycles. The molecule has 0 unspecified atom stereocenters. The summed E-state index contributed by atoms with van der Waals surface area (Å²) in [5.41, 5.74) is 8.21. The van der Waals surface area contributed by atoms with Gasteiger partial charge in [-0.25, -0.2) is 4.98 Å². The molecular weight excluding hydrogens is 222 g/mol. The molecule has 0 radical (unpaired) electrons. The summed E-state index contributed by atoms with van der Waals surface area (Å²) in [5, 5.41) is 0. The second-order valence-electron chi connectivity index (χ2n) is 5.50. The van der Waals surface area contributed by atoms with Crippen molar-refractivity contribution in [3.63, 3.8) is 0 Å². The van der Waals surface area contributed by atoms with Crippen LogP contribution in [0.1, 0.15) is 51.8 Å². The Morgan fingerprint density at radius 3 is 2.44 bits per heavy atom. The van der Waals surface area contributed by atoms with Crippen LogP contribution in [0.3, 0.4) is 0 Å². The zero-order valence-electron chi connectivity index (χ0n) is 12.5. The molecule has 0 fully saturated rings. The minimum absolute atomic E-state index is 0.115. The van der Waals surface area contributed by atoms with Crippen LogP contribution >= 0.6 is 0 Å². The normalized spacial score (nSPS) is 11.7. The molecule has 1 aromatic heterocycles. The molecular formula is C15H27N3. The Morgan fingerprint density at radius 1 is 1.28 bits per heavy atom. The molecule has 0 aliphatic heterocycles. The Bertz CT molecular complexity index is 385. The van der Waals surface area contributed by atoms with Crippen LogP contribution in [0.2, 0.25) is 0 Å². The Morgan fingerprint density at radius 2 is 1.94 bits per heavy atom. The van der Waals surface area contributed by atoms with Crippen LogP contribution in [-0.2, 0) is 13.0 Å². The maximum atomic E-state index is 5.78. The van der Waals surface area contributed by atoms with Crippen molar-refractivity contribution < 1.29 is 0 Å². The summed E-state index contributed by atoms with van der Waals surface area (Å²) in [5.74, 6) is 1.04. The van der Waals surface area contributed by atoms with Crippen molar-refractivity contribution in [1.29, 1.82) is 0 Å². The summed E-state index contributed by atoms with van der Waals surface area (Å²) >= 11 is 0. The Balaban J connectivity index is 3.11. The lowest BCUT2D eigenvalue weighted by molar-refractivity contribution is 0.466. The van der Waals surface area contributed by atoms with E-state index in [1.807, 2.05) is 0 Å². The number of rotatable bonds is 6. The molecule has 0 aliphatic carbocycles. The van der Waals surface area contributed by atoms with E-state index in [4.69, 9.17) is 10.7 Å². The Labute approximate surface area is 111 Å². The van der Waals surface area contributed by atoms with Gasteiger partial charge in [-0.1, -0.05) is 20.3 Å². The van der Waals surface area contributed by atoms with Gasteiger partial charge in [0.2, 0.25) is 0 Å². The maximum absolute atomic E-state index is 5.78. The van der Waals surface area contributed by atoms with E-state index in [1.54, 1.807) is 0 Å². The van der Waals surface area contributed by atoms with Gasteiger partial charge in [0, 0.05) is 24.8 Å². The van der Waals surface area contributed by atoms with Gasteiger partial charge >= 0.3 is 0 Å². The Hall–Kier alpha value is -1.09. The van der Waals surface area contributed by atoms with Crippen molar-refractivity contribution in [1.82, 2.24) is 4.98 Å². The number of aromatic nitrogens is 1. The van der Waals surface area contributed by atoms with E-state index in [0.717, 1.165) is 30.8 Å². The number of nitrogens with two attached hydrogens (primary N) is 1. The fourth-order valence-electron chi connectivity index (χ4n) is 1.85. The summed E-state index contributed by atoms with van der Waals surface area (Å²) in [6, 6.07) is 4.23. The predicted octanol–water partition coefficient (Wildman–Crippen LogP) is 3.12. The molecule has 0 aromatic carbocycles. The van der Waals surface area contributed by atoms with Gasteiger partial charge in [-0.05, 0) is 44.4 Å². The maximum Gasteiger partial charge on any atom is 0.129 e. The molecule has 0 spiro atoms. The third-order valence-corrected chi connectivity index (χ3v) is 3.78. The summed E-state index contributed by atoms with van der Waals surface area (Å²) in [4.78, 5) is 7.01. The lowest BCUT2D eigenvalue weighted by Gasteiger charge is -2.36. The molecule has 102 valence electrons. The lowest BCUT2D eigenvalue weighted by atomic mass is 9.99. The lowest BCUT2D eigenvalue weighted by Crippen LogP contribution is -2.41. The van der Waals surface area contributed by atoms with Crippen LogP contribution in [0.4, 0.5) is 5.82 Å². The summed E-state index contributed by atoms with van der Waals surface area (Å²) in [6.07, 6.45) is 3.21. The van der Waals surface area contributed by atoms with E-state index >= 15 is 0 Å². The molecule has 0 aliphatic rings. The topological polar surface area (TPSA) is 42.1 Å². The Kier molecular flexibility index (Phi) is 5.15. The van der Waals surface area contributed by atoms with E-state index in [0.29, 0.717) is 6.54 Å². The summed E-state index contributed by atoms with van der Waals surface area (Å²) in [7, 11) is 2.11. The molecule has 3 nitrogen and oxygen atoms in total. The number of pyridine rings is 1. The first kappa shape index (κ1) is 15.0. The van der Waals surface area contributed by atoms with Gasteiger partial charge in [0.1, 0.15) is 5.82 Å². The fraction of sp³-hybridized carbons (Fsp3) is 0.667. The molecule has 18 heavy (non-hydrogen) atoms. The highest BCUT2D eigenvalue weighted by Gasteiger charge is 2.22. The van der Waals surface area contributed by atoms with Gasteiger partial charge < -0.3 is 10.6 Å². The van der Waals surface area contributed by atoms with Crippen molar-refractivity contribution in [2.24, 2.45) is 5.73 Å². The molecule has 1 rings (SSSR count). The van der Waals surface area contributed by atoms with E-state index in [9.17, 15) is 0 Å². The smallest absolute Gasteiger partial charge is 0.129 e. The third kappa shape index (κ3) is 3.45. The zero-order chi connectivity index (χ0) is 13.8. The van der Waals surface area contributed by atoms with Gasteiger partial charge in [0.05, 0.1) is 0 Å². The number of hydrogen-bond acceptors (Lipinski definition) is 3. The second-order valence-corrected chi connectivity index (χ2v) is 5.50. The molecule has 2 N–H and O–H groups in total. The third-order valence-electron chi connectivity index (χ3n) is 3.78. The number of anilines is 1. The summed E-state index contributed by atoms with van der Waals surface area (Å²) in [6.45, 7) is 9.44. The van der Waals surface area contributed by atoms with Crippen LogP contribution in [0.15, 0.2) is 12.1 Å². The van der Waals surface area contributed by atoms with Crippen LogP contribution in [0.25, 0.3) is 0 Å². The van der Waals surface area contributed by atoms with E-state index in [1.165, 1.54) is 5.56 Å². The number of aryl methyl sites for hydroxylation is 1. The van der Waals surface area contributed by atoms with Gasteiger partial charge in [-0.15, -0.1) is 0 Å². The SMILES string of the molecule is CCCc1cc(CN)cc(N(C)C(C)(C)CC)n1. The van der Waals surface area contributed by atoms with E-state index < -0.39 is 0 Å². The van der Waals surface area contributed by atoms with Crippen molar-refractivity contribution in [2.75, 3.05) is 11.9 Å². The van der Waals surface area contributed by atoms with Crippen LogP contribution in [0, 0.1) is 0 Å². The molecule has 0 saturated carbocycles. The fourth-order valence-corrected chi connectivity index (χ4v) is 1.85. The van der Waals surface area contributed by atoms with E-state index in [-0.39, 0.29) is 5.54 Å². The first-order valence-corrected chi connectivity index (χ1v) is 6.88. The first-order valence-electron chi connectivity index (χ1n) is 6.88. The quantitative estimate of drug-likeness (QED) is 0.842. The highest BCUT2D eigenvalue weighted by molar-refractivity contribution is 5.44. The monoisotopic (exact) mass is 249 g/mol. The van der Waals surface area contributed by atoms with Gasteiger partial charge in [-0.2, -0.15) is 0 Å². The molecule has 0 atom stereocenters. The van der Waals surface area contributed by atoms with Crippen molar-refractivity contribution in [3.05, 3.63) is 23.4 Å². The average molecular weight is 249 g/mol. The van der Waals surface area contributed by atoms with Crippen LogP contribution in [0.5, 0.6) is 0 Å². The minimum atomic E-state index is 0.115. The van der Waals surface area contributed by atoms with Crippen molar-refractivity contribution in [2.45, 2.75) is 59.0 Å². The van der Waals surface area contributed by atoms with E-state index in [2.05, 4.69) is 51.8 Å². The summed E-state index contributed by atoms with van der Waals surface area (Å²) < 4.78 is 0. The van der Waals surface area contributed by atoms with Gasteiger partial charge in [0.25, 0.3) is 0 Å². The first-order chi connectivity index (χ1) is 8.44. The van der Waals surface area contributed by atoms with Crippen LogP contribution in [-0.4, -0.2) is 17.6 Å². The zero-order valence-corrected chi connectivity index (χ0v) is 12.5. The van der Waals surface area contributed by atoms with Crippen LogP contribution < -0.4 is 10.6 Å². The predicted molar refractivity (Wildman–Crippen MR) is 78.9 cm³/mol. The van der Waals surface area contributed by atoms with Crippen molar-refractivity contribution in [3.8, 4) is 0 Å². The molecule has 3 heteroatoms. The molecule has 0 bridgehead atoms. The number of nitrogens with zero attached hydrogens (tertiary/aromatic N) is 2. The standard InChI is InChI=1S/C15H27N3/c1-6-8-13-9-12(11-16)10-14(17-13)18(5)15(3,4)7-2/h9-10H,6-8,11,16H2,1-5H3. The highest BCUT2D eigenvalue weighted by atomic mass is 15.2. The minimum Gasteiger partial charge on any atom is -0.355 e. The number of hydrogen-bond donors (Lipinski definition) is 1. The molecule has 1 heterocycles.